The molecule has 1 aliphatic heterocycles. The Morgan fingerprint density at radius 3 is 2.30 bits per heavy atom. The Kier molecular flexibility index (Phi) is 7.06. The molecule has 1 aromatic heterocycles. The summed E-state index contributed by atoms with van der Waals surface area (Å²) in [6.45, 7) is 6.02. The van der Waals surface area contributed by atoms with Gasteiger partial charge in [-0.25, -0.2) is 5.43 Å². The van der Waals surface area contributed by atoms with E-state index in [2.05, 4.69) is 41.0 Å². The summed E-state index contributed by atoms with van der Waals surface area (Å²) in [5, 5.41) is 10.4. The Morgan fingerprint density at radius 1 is 0.909 bits per heavy atom. The van der Waals surface area contributed by atoms with Gasteiger partial charge in [0.2, 0.25) is 23.8 Å². The van der Waals surface area contributed by atoms with Crippen LogP contribution in [-0.2, 0) is 9.53 Å². The number of benzene rings is 2. The number of para-hydroxylation sites is 1. The number of morpholine rings is 1. The van der Waals surface area contributed by atoms with Gasteiger partial charge in [0.25, 0.3) is 0 Å². The van der Waals surface area contributed by atoms with Crippen LogP contribution in [0.3, 0.4) is 0 Å². The highest BCUT2D eigenvalue weighted by Crippen LogP contribution is 2.19. The molecular formula is C23H26N8O2. The van der Waals surface area contributed by atoms with Gasteiger partial charge < -0.3 is 20.3 Å². The number of ether oxygens (including phenoxy) is 1. The molecule has 0 aliphatic carbocycles. The van der Waals surface area contributed by atoms with Gasteiger partial charge in [0.05, 0.1) is 18.9 Å². The Balaban J connectivity index is 1.54. The maximum atomic E-state index is 11.2. The molecule has 1 aliphatic rings. The summed E-state index contributed by atoms with van der Waals surface area (Å²) in [7, 11) is 0. The van der Waals surface area contributed by atoms with Crippen molar-refractivity contribution < 1.29 is 9.53 Å². The fraction of sp³-hybridized carbons (Fsp3) is 0.261. The molecule has 1 saturated heterocycles. The van der Waals surface area contributed by atoms with Crippen molar-refractivity contribution in [3.05, 3.63) is 60.2 Å². The molecule has 1 fully saturated rings. The van der Waals surface area contributed by atoms with Crippen LogP contribution in [0, 0.1) is 0 Å². The molecule has 33 heavy (non-hydrogen) atoms. The van der Waals surface area contributed by atoms with Gasteiger partial charge in [-0.3, -0.25) is 4.79 Å². The van der Waals surface area contributed by atoms with Crippen molar-refractivity contribution in [2.45, 2.75) is 13.8 Å². The fourth-order valence-electron chi connectivity index (χ4n) is 3.22. The Bertz CT molecular complexity index is 1110. The highest BCUT2D eigenvalue weighted by molar-refractivity contribution is 5.99. The minimum absolute atomic E-state index is 0.111. The van der Waals surface area contributed by atoms with Gasteiger partial charge in [0, 0.05) is 31.4 Å². The molecule has 0 spiro atoms. The summed E-state index contributed by atoms with van der Waals surface area (Å²) < 4.78 is 5.45. The number of hydrogen-bond donors (Lipinski definition) is 3. The fourth-order valence-corrected chi connectivity index (χ4v) is 3.22. The summed E-state index contributed by atoms with van der Waals surface area (Å²) in [5.74, 6) is 1.20. The van der Waals surface area contributed by atoms with E-state index < -0.39 is 0 Å². The van der Waals surface area contributed by atoms with E-state index in [9.17, 15) is 4.79 Å². The molecule has 1 amide bonds. The largest absolute Gasteiger partial charge is 0.378 e. The first-order valence-corrected chi connectivity index (χ1v) is 10.7. The monoisotopic (exact) mass is 446 g/mol. The van der Waals surface area contributed by atoms with Crippen LogP contribution in [-0.4, -0.2) is 52.9 Å². The molecule has 0 radical (unpaired) electrons. The number of aromatic nitrogens is 3. The first kappa shape index (κ1) is 22.2. The Hall–Kier alpha value is -4.05. The molecule has 0 atom stereocenters. The maximum absolute atomic E-state index is 11.2. The predicted octanol–water partition coefficient (Wildman–Crippen LogP) is 3.25. The summed E-state index contributed by atoms with van der Waals surface area (Å²) in [6.07, 6.45) is 0. The van der Waals surface area contributed by atoms with E-state index in [1.807, 2.05) is 61.5 Å². The first-order chi connectivity index (χ1) is 16.1. The number of carbonyl (C=O) groups is 1. The van der Waals surface area contributed by atoms with Crippen LogP contribution >= 0.6 is 0 Å². The molecule has 170 valence electrons. The van der Waals surface area contributed by atoms with Crippen molar-refractivity contribution in [2.75, 3.05) is 47.3 Å². The lowest BCUT2D eigenvalue weighted by Crippen LogP contribution is -2.37. The maximum Gasteiger partial charge on any atom is 0.250 e. The average molecular weight is 447 g/mol. The van der Waals surface area contributed by atoms with E-state index in [0.29, 0.717) is 44.1 Å². The molecule has 0 unspecified atom stereocenters. The summed E-state index contributed by atoms with van der Waals surface area (Å²) in [5.41, 5.74) is 6.21. The van der Waals surface area contributed by atoms with Gasteiger partial charge in [-0.05, 0) is 36.8 Å². The molecule has 2 heterocycles. The SMILES string of the molecule is CC(=O)Nc1ccc(C(C)=NNc2nc(Nc3ccccc3)nc(N3CCOCC3)n2)cc1. The van der Waals surface area contributed by atoms with E-state index in [1.165, 1.54) is 6.92 Å². The summed E-state index contributed by atoms with van der Waals surface area (Å²) >= 11 is 0. The zero-order valence-corrected chi connectivity index (χ0v) is 18.6. The lowest BCUT2D eigenvalue weighted by molar-refractivity contribution is -0.114. The Labute approximate surface area is 192 Å². The summed E-state index contributed by atoms with van der Waals surface area (Å²) in [4.78, 5) is 26.9. The zero-order chi connectivity index (χ0) is 23.0. The third-order valence-corrected chi connectivity index (χ3v) is 4.89. The van der Waals surface area contributed by atoms with Crippen molar-refractivity contribution in [1.82, 2.24) is 15.0 Å². The second-order valence-corrected chi connectivity index (χ2v) is 7.44. The van der Waals surface area contributed by atoms with Crippen molar-refractivity contribution >= 4 is 40.8 Å². The molecule has 10 heteroatoms. The van der Waals surface area contributed by atoms with E-state index in [1.54, 1.807) is 0 Å². The summed E-state index contributed by atoms with van der Waals surface area (Å²) in [6, 6.07) is 17.2. The number of nitrogens with zero attached hydrogens (tertiary/aromatic N) is 5. The highest BCUT2D eigenvalue weighted by atomic mass is 16.5. The molecule has 0 bridgehead atoms. The minimum Gasteiger partial charge on any atom is -0.378 e. The zero-order valence-electron chi connectivity index (χ0n) is 18.6. The first-order valence-electron chi connectivity index (χ1n) is 10.7. The van der Waals surface area contributed by atoms with E-state index >= 15 is 0 Å². The third-order valence-electron chi connectivity index (χ3n) is 4.89. The Morgan fingerprint density at radius 2 is 1.61 bits per heavy atom. The number of carbonyl (C=O) groups excluding carboxylic acids is 1. The second-order valence-electron chi connectivity index (χ2n) is 7.44. The van der Waals surface area contributed by atoms with Crippen LogP contribution in [0.15, 0.2) is 59.7 Å². The predicted molar refractivity (Wildman–Crippen MR) is 129 cm³/mol. The van der Waals surface area contributed by atoms with E-state index in [-0.39, 0.29) is 5.91 Å². The van der Waals surface area contributed by atoms with Gasteiger partial charge in [-0.15, -0.1) is 0 Å². The van der Waals surface area contributed by atoms with E-state index in [0.717, 1.165) is 22.6 Å². The van der Waals surface area contributed by atoms with Crippen LogP contribution in [0.2, 0.25) is 0 Å². The molecular weight excluding hydrogens is 420 g/mol. The highest BCUT2D eigenvalue weighted by Gasteiger charge is 2.17. The molecule has 2 aromatic carbocycles. The third kappa shape index (κ3) is 6.23. The van der Waals surface area contributed by atoms with Crippen molar-refractivity contribution in [3.8, 4) is 0 Å². The van der Waals surface area contributed by atoms with E-state index in [4.69, 9.17) is 4.74 Å². The van der Waals surface area contributed by atoms with Crippen LogP contribution in [0.25, 0.3) is 0 Å². The van der Waals surface area contributed by atoms with Gasteiger partial charge in [0.15, 0.2) is 0 Å². The number of hydrogen-bond acceptors (Lipinski definition) is 9. The second kappa shape index (κ2) is 10.5. The van der Waals surface area contributed by atoms with Crippen LogP contribution in [0.1, 0.15) is 19.4 Å². The molecule has 10 nitrogen and oxygen atoms in total. The lowest BCUT2D eigenvalue weighted by Gasteiger charge is -2.27. The molecule has 0 saturated carbocycles. The number of amides is 1. The number of hydrazone groups is 1. The van der Waals surface area contributed by atoms with Crippen molar-refractivity contribution in [2.24, 2.45) is 5.10 Å². The van der Waals surface area contributed by atoms with Crippen molar-refractivity contribution in [3.63, 3.8) is 0 Å². The van der Waals surface area contributed by atoms with Crippen LogP contribution < -0.4 is 21.0 Å². The normalized spacial score (nSPS) is 14.0. The standard InChI is InChI=1S/C23H26N8O2/c1-16(18-8-10-20(11-9-18)24-17(2)32)29-30-22-26-21(25-19-6-4-3-5-7-19)27-23(28-22)31-12-14-33-15-13-31/h3-11H,12-15H2,1-2H3,(H,24,32)(H2,25,26,27,28,30). The molecule has 4 rings (SSSR count). The molecule has 3 N–H and O–H groups in total. The van der Waals surface area contributed by atoms with Gasteiger partial charge in [-0.1, -0.05) is 30.3 Å². The number of nitrogens with one attached hydrogen (secondary N) is 3. The van der Waals surface area contributed by atoms with Crippen LogP contribution in [0.4, 0.5) is 29.2 Å². The van der Waals surface area contributed by atoms with Crippen LogP contribution in [0.5, 0.6) is 0 Å². The quantitative estimate of drug-likeness (QED) is 0.374. The number of anilines is 5. The van der Waals surface area contributed by atoms with Gasteiger partial charge in [-0.2, -0.15) is 20.1 Å². The van der Waals surface area contributed by atoms with Crippen molar-refractivity contribution in [1.29, 1.82) is 0 Å². The minimum atomic E-state index is -0.111. The molecule has 3 aromatic rings. The number of rotatable bonds is 7. The van der Waals surface area contributed by atoms with Gasteiger partial charge >= 0.3 is 0 Å². The average Bonchev–Trinajstić information content (AvgIpc) is 2.84. The topological polar surface area (TPSA) is 117 Å². The smallest absolute Gasteiger partial charge is 0.250 e. The lowest BCUT2D eigenvalue weighted by atomic mass is 10.1. The van der Waals surface area contributed by atoms with Gasteiger partial charge in [0.1, 0.15) is 0 Å².